The summed E-state index contributed by atoms with van der Waals surface area (Å²) in [5, 5.41) is 19.8. The molecule has 0 aliphatic rings. The molecule has 0 aromatic heterocycles. The summed E-state index contributed by atoms with van der Waals surface area (Å²) in [5.41, 5.74) is -0.300. The van der Waals surface area contributed by atoms with Crippen LogP contribution in [0.15, 0.2) is 12.1 Å². The summed E-state index contributed by atoms with van der Waals surface area (Å²) in [5.74, 6) is -0.114. The Labute approximate surface area is 79.8 Å². The number of benzene rings is 1. The Balaban J connectivity index is 3.31. The number of nitro benzene ring substituents is 1. The second-order valence-electron chi connectivity index (χ2n) is 2.45. The van der Waals surface area contributed by atoms with Crippen LogP contribution < -0.4 is 9.47 Å². The highest BCUT2D eigenvalue weighted by Crippen LogP contribution is 2.37. The van der Waals surface area contributed by atoms with Crippen molar-refractivity contribution >= 4 is 5.69 Å². The smallest absolute Gasteiger partial charge is 0.314 e. The van der Waals surface area contributed by atoms with Crippen LogP contribution in [0.3, 0.4) is 0 Å². The predicted molar refractivity (Wildman–Crippen MR) is 47.9 cm³/mol. The van der Waals surface area contributed by atoms with Gasteiger partial charge in [0.25, 0.3) is 0 Å². The molecule has 0 fully saturated rings. The number of rotatable bonds is 3. The molecule has 0 unspecified atom stereocenters. The topological polar surface area (TPSA) is 81.8 Å². The molecule has 76 valence electrons. The highest BCUT2D eigenvalue weighted by atomic mass is 16.6. The van der Waals surface area contributed by atoms with Gasteiger partial charge in [0.2, 0.25) is 5.75 Å². The average molecular weight is 199 g/mol. The van der Waals surface area contributed by atoms with Crippen LogP contribution in [0.25, 0.3) is 0 Å². The van der Waals surface area contributed by atoms with Crippen molar-refractivity contribution < 1.29 is 19.5 Å². The van der Waals surface area contributed by atoms with Crippen molar-refractivity contribution in [2.24, 2.45) is 0 Å². The highest BCUT2D eigenvalue weighted by molar-refractivity contribution is 5.57. The van der Waals surface area contributed by atoms with Gasteiger partial charge in [0.05, 0.1) is 25.2 Å². The van der Waals surface area contributed by atoms with E-state index >= 15 is 0 Å². The van der Waals surface area contributed by atoms with Crippen LogP contribution in [0.5, 0.6) is 17.2 Å². The molecule has 0 saturated heterocycles. The molecule has 1 aromatic carbocycles. The number of methoxy groups -OCH3 is 2. The maximum absolute atomic E-state index is 10.5. The van der Waals surface area contributed by atoms with Gasteiger partial charge in [-0.15, -0.1) is 0 Å². The predicted octanol–water partition coefficient (Wildman–Crippen LogP) is 1.32. The van der Waals surface area contributed by atoms with Crippen molar-refractivity contribution in [3.05, 3.63) is 22.2 Å². The molecule has 1 N–H and O–H groups in total. The average Bonchev–Trinajstić information content (AvgIpc) is 2.17. The first-order valence-corrected chi connectivity index (χ1v) is 3.69. The lowest BCUT2D eigenvalue weighted by molar-refractivity contribution is -0.385. The van der Waals surface area contributed by atoms with E-state index in [1.165, 1.54) is 20.3 Å². The van der Waals surface area contributed by atoms with E-state index in [2.05, 4.69) is 0 Å². The number of phenolic OH excluding ortho intramolecular Hbond substituents is 1. The first-order valence-electron chi connectivity index (χ1n) is 3.69. The monoisotopic (exact) mass is 199 g/mol. The summed E-state index contributed by atoms with van der Waals surface area (Å²) in [6.07, 6.45) is 0. The zero-order chi connectivity index (χ0) is 10.7. The van der Waals surface area contributed by atoms with Gasteiger partial charge >= 0.3 is 5.69 Å². The lowest BCUT2D eigenvalue weighted by atomic mass is 10.2. The second-order valence-corrected chi connectivity index (χ2v) is 2.45. The summed E-state index contributed by atoms with van der Waals surface area (Å²) in [6, 6.07) is 2.24. The van der Waals surface area contributed by atoms with E-state index in [0.29, 0.717) is 0 Å². The van der Waals surface area contributed by atoms with Gasteiger partial charge in [0, 0.05) is 6.07 Å². The third kappa shape index (κ3) is 1.68. The van der Waals surface area contributed by atoms with Gasteiger partial charge in [-0.3, -0.25) is 10.1 Å². The van der Waals surface area contributed by atoms with Gasteiger partial charge < -0.3 is 14.6 Å². The summed E-state index contributed by atoms with van der Waals surface area (Å²) < 4.78 is 9.54. The Morgan fingerprint density at radius 1 is 1.29 bits per heavy atom. The number of aromatic hydroxyl groups is 1. The van der Waals surface area contributed by atoms with E-state index < -0.39 is 4.92 Å². The minimum Gasteiger partial charge on any atom is -0.504 e. The van der Waals surface area contributed by atoms with Crippen LogP contribution in [0.4, 0.5) is 5.69 Å². The van der Waals surface area contributed by atoms with Crippen LogP contribution in [0.2, 0.25) is 0 Å². The fourth-order valence-corrected chi connectivity index (χ4v) is 1.01. The number of nitro groups is 1. The lowest BCUT2D eigenvalue weighted by Crippen LogP contribution is -1.95. The standard InChI is InChI=1S/C8H9NO5/c1-13-7-4-8(14-2)6(10)3-5(7)9(11)12/h3-4,10H,1-2H3. The van der Waals surface area contributed by atoms with Crippen LogP contribution in [0, 0.1) is 10.1 Å². The quantitative estimate of drug-likeness (QED) is 0.586. The Hall–Kier alpha value is -1.98. The van der Waals surface area contributed by atoms with E-state index in [4.69, 9.17) is 9.47 Å². The van der Waals surface area contributed by atoms with Gasteiger partial charge in [-0.1, -0.05) is 0 Å². The SMILES string of the molecule is COc1cc(OC)c([N+](=O)[O-])cc1O. The number of phenols is 1. The molecule has 0 atom stereocenters. The molecule has 6 heteroatoms. The van der Waals surface area contributed by atoms with Gasteiger partial charge in [0.1, 0.15) is 0 Å². The van der Waals surface area contributed by atoms with Crippen LogP contribution >= 0.6 is 0 Å². The number of hydrogen-bond donors (Lipinski definition) is 1. The lowest BCUT2D eigenvalue weighted by Gasteiger charge is -2.06. The second kappa shape index (κ2) is 3.82. The van der Waals surface area contributed by atoms with E-state index in [0.717, 1.165) is 6.07 Å². The highest BCUT2D eigenvalue weighted by Gasteiger charge is 2.18. The molecule has 0 aliphatic carbocycles. The molecular weight excluding hydrogens is 190 g/mol. The largest absolute Gasteiger partial charge is 0.504 e. The Morgan fingerprint density at radius 3 is 2.29 bits per heavy atom. The van der Waals surface area contributed by atoms with Crippen molar-refractivity contribution in [3.63, 3.8) is 0 Å². The van der Waals surface area contributed by atoms with Crippen molar-refractivity contribution in [1.29, 1.82) is 0 Å². The minimum absolute atomic E-state index is 0.0460. The molecule has 1 rings (SSSR count). The molecule has 0 heterocycles. The van der Waals surface area contributed by atoms with Crippen LogP contribution in [-0.4, -0.2) is 24.2 Å². The third-order valence-corrected chi connectivity index (χ3v) is 1.68. The Kier molecular flexibility index (Phi) is 2.76. The summed E-state index contributed by atoms with van der Waals surface area (Å²) in [4.78, 5) is 9.87. The molecule has 0 spiro atoms. The molecule has 0 bridgehead atoms. The molecule has 0 saturated carbocycles. The summed E-state index contributed by atoms with van der Waals surface area (Å²) >= 11 is 0. The molecule has 14 heavy (non-hydrogen) atoms. The third-order valence-electron chi connectivity index (χ3n) is 1.68. The molecule has 1 aromatic rings. The van der Waals surface area contributed by atoms with Crippen molar-refractivity contribution in [2.45, 2.75) is 0 Å². The summed E-state index contributed by atoms with van der Waals surface area (Å²) in [6.45, 7) is 0. The van der Waals surface area contributed by atoms with Crippen molar-refractivity contribution in [2.75, 3.05) is 14.2 Å². The minimum atomic E-state index is -0.641. The first-order chi connectivity index (χ1) is 6.60. The van der Waals surface area contributed by atoms with Crippen LogP contribution in [0.1, 0.15) is 0 Å². The van der Waals surface area contributed by atoms with E-state index in [1.54, 1.807) is 0 Å². The van der Waals surface area contributed by atoms with Gasteiger partial charge in [-0.05, 0) is 0 Å². The summed E-state index contributed by atoms with van der Waals surface area (Å²) in [7, 11) is 2.65. The number of ether oxygens (including phenoxy) is 2. The fraction of sp³-hybridized carbons (Fsp3) is 0.250. The van der Waals surface area contributed by atoms with E-state index in [-0.39, 0.29) is 22.9 Å². The normalized spacial score (nSPS) is 9.57. The van der Waals surface area contributed by atoms with Gasteiger partial charge in [-0.25, -0.2) is 0 Å². The zero-order valence-corrected chi connectivity index (χ0v) is 7.68. The fourth-order valence-electron chi connectivity index (χ4n) is 1.01. The van der Waals surface area contributed by atoms with Crippen molar-refractivity contribution in [1.82, 2.24) is 0 Å². The van der Waals surface area contributed by atoms with Gasteiger partial charge in [-0.2, -0.15) is 0 Å². The van der Waals surface area contributed by atoms with E-state index in [9.17, 15) is 15.2 Å². The van der Waals surface area contributed by atoms with E-state index in [1.807, 2.05) is 0 Å². The Bertz CT molecular complexity index is 363. The molecule has 0 amide bonds. The van der Waals surface area contributed by atoms with Crippen LogP contribution in [-0.2, 0) is 0 Å². The maximum atomic E-state index is 10.5. The first kappa shape index (κ1) is 10.1. The maximum Gasteiger partial charge on any atom is 0.314 e. The number of nitrogens with zero attached hydrogens (tertiary/aromatic N) is 1. The molecule has 0 aliphatic heterocycles. The molecule has 6 nitrogen and oxygen atoms in total. The Morgan fingerprint density at radius 2 is 1.86 bits per heavy atom. The molecule has 0 radical (unpaired) electrons. The zero-order valence-electron chi connectivity index (χ0n) is 7.68. The number of hydrogen-bond acceptors (Lipinski definition) is 5. The van der Waals surface area contributed by atoms with Crippen molar-refractivity contribution in [3.8, 4) is 17.2 Å². The molecular formula is C8H9NO5. The van der Waals surface area contributed by atoms with Gasteiger partial charge in [0.15, 0.2) is 11.5 Å².